The van der Waals surface area contributed by atoms with E-state index in [4.69, 9.17) is 0 Å². The van der Waals surface area contributed by atoms with Crippen molar-refractivity contribution in [3.05, 3.63) is 53.6 Å². The molecule has 2 N–H and O–H groups in total. The zero-order chi connectivity index (χ0) is 22.7. The first-order chi connectivity index (χ1) is 15.4. The van der Waals surface area contributed by atoms with Gasteiger partial charge in [-0.15, -0.1) is 0 Å². The fourth-order valence-electron chi connectivity index (χ4n) is 4.81. The quantitative estimate of drug-likeness (QED) is 0.694. The maximum absolute atomic E-state index is 13.4. The van der Waals surface area contributed by atoms with Crippen LogP contribution in [0.4, 0.5) is 0 Å². The number of benzene rings is 1. The maximum atomic E-state index is 13.4. The van der Waals surface area contributed by atoms with Gasteiger partial charge in [-0.1, -0.05) is 43.2 Å². The Labute approximate surface area is 188 Å². The Balaban J connectivity index is 1.49. The molecule has 1 saturated carbocycles. The normalized spacial score (nSPS) is 20.8. The highest BCUT2D eigenvalue weighted by Gasteiger charge is 2.48. The number of carbonyl (C=O) groups is 3. The number of imidazole rings is 1. The molecule has 1 aliphatic heterocycles. The second-order valence-electron chi connectivity index (χ2n) is 8.84. The lowest BCUT2D eigenvalue weighted by Gasteiger charge is -2.43. The molecule has 32 heavy (non-hydrogen) atoms. The van der Waals surface area contributed by atoms with Crippen molar-refractivity contribution in [1.82, 2.24) is 25.1 Å². The number of carbonyl (C=O) groups excluding carboxylic acids is 3. The van der Waals surface area contributed by atoms with Gasteiger partial charge < -0.3 is 20.1 Å². The van der Waals surface area contributed by atoms with Crippen LogP contribution >= 0.6 is 0 Å². The molecule has 0 saturated heterocycles. The van der Waals surface area contributed by atoms with E-state index in [-0.39, 0.29) is 41.7 Å². The van der Waals surface area contributed by atoms with Crippen LogP contribution in [0.1, 0.15) is 66.1 Å². The Kier molecular flexibility index (Phi) is 6.30. The van der Waals surface area contributed by atoms with E-state index in [1.807, 2.05) is 37.3 Å². The third kappa shape index (κ3) is 4.13. The summed E-state index contributed by atoms with van der Waals surface area (Å²) in [5, 5.41) is 6.00. The van der Waals surface area contributed by atoms with Crippen LogP contribution in [0.25, 0.3) is 0 Å². The van der Waals surface area contributed by atoms with Gasteiger partial charge in [0.15, 0.2) is 5.69 Å². The summed E-state index contributed by atoms with van der Waals surface area (Å²) in [4.78, 5) is 45.2. The molecular weight excluding hydrogens is 406 g/mol. The molecule has 170 valence electrons. The largest absolute Gasteiger partial charge is 0.351 e. The van der Waals surface area contributed by atoms with E-state index >= 15 is 0 Å². The summed E-state index contributed by atoms with van der Waals surface area (Å²) < 4.78 is 1.65. The number of amides is 3. The molecule has 0 radical (unpaired) electrons. The summed E-state index contributed by atoms with van der Waals surface area (Å²) in [6.45, 7) is 4.73. The van der Waals surface area contributed by atoms with Gasteiger partial charge in [-0.05, 0) is 38.7 Å². The lowest BCUT2D eigenvalue weighted by Crippen LogP contribution is -2.64. The van der Waals surface area contributed by atoms with Crippen molar-refractivity contribution in [1.29, 1.82) is 0 Å². The first-order valence-electron chi connectivity index (χ1n) is 11.4. The van der Waals surface area contributed by atoms with Gasteiger partial charge in [-0.3, -0.25) is 14.4 Å². The smallest absolute Gasteiger partial charge is 0.273 e. The van der Waals surface area contributed by atoms with Crippen molar-refractivity contribution in [2.45, 2.75) is 64.1 Å². The number of rotatable bonds is 7. The highest BCUT2D eigenvalue weighted by molar-refractivity contribution is 6.07. The lowest BCUT2D eigenvalue weighted by atomic mass is 9.94. The number of hydrogen-bond acceptors (Lipinski definition) is 4. The molecule has 1 fully saturated rings. The summed E-state index contributed by atoms with van der Waals surface area (Å²) in [7, 11) is 0. The third-order valence-electron chi connectivity index (χ3n) is 6.61. The predicted octanol–water partition coefficient (Wildman–Crippen LogP) is 2.15. The maximum Gasteiger partial charge on any atom is 0.273 e. The van der Waals surface area contributed by atoms with E-state index in [0.29, 0.717) is 19.5 Å². The van der Waals surface area contributed by atoms with Crippen molar-refractivity contribution in [3.8, 4) is 0 Å². The predicted molar refractivity (Wildman–Crippen MR) is 120 cm³/mol. The summed E-state index contributed by atoms with van der Waals surface area (Å²) >= 11 is 0. The van der Waals surface area contributed by atoms with E-state index in [0.717, 1.165) is 31.2 Å². The van der Waals surface area contributed by atoms with Crippen LogP contribution < -0.4 is 10.6 Å². The average molecular weight is 438 g/mol. The van der Waals surface area contributed by atoms with Gasteiger partial charge in [0.25, 0.3) is 11.8 Å². The molecule has 2 heterocycles. The minimum Gasteiger partial charge on any atom is -0.351 e. The molecule has 1 atom stereocenters. The molecule has 8 heteroatoms. The molecule has 1 unspecified atom stereocenters. The molecule has 0 bridgehead atoms. The van der Waals surface area contributed by atoms with Gasteiger partial charge >= 0.3 is 0 Å². The van der Waals surface area contributed by atoms with Crippen LogP contribution in [0.3, 0.4) is 0 Å². The van der Waals surface area contributed by atoms with Crippen LogP contribution in [-0.4, -0.2) is 56.8 Å². The van der Waals surface area contributed by atoms with Crippen molar-refractivity contribution in [2.75, 3.05) is 13.1 Å². The number of likely N-dealkylation sites (N-methyl/N-ethyl adjacent to an activating group) is 1. The highest BCUT2D eigenvalue weighted by atomic mass is 16.2. The van der Waals surface area contributed by atoms with Crippen molar-refractivity contribution < 1.29 is 14.4 Å². The Hall–Kier alpha value is -3.16. The van der Waals surface area contributed by atoms with Crippen LogP contribution in [0.2, 0.25) is 0 Å². The summed E-state index contributed by atoms with van der Waals surface area (Å²) in [6.07, 6.45) is 6.38. The molecule has 8 nitrogen and oxygen atoms in total. The van der Waals surface area contributed by atoms with E-state index in [1.165, 1.54) is 6.33 Å². The van der Waals surface area contributed by atoms with Crippen LogP contribution in [0.15, 0.2) is 36.7 Å². The van der Waals surface area contributed by atoms with E-state index in [9.17, 15) is 14.4 Å². The molecule has 0 spiro atoms. The van der Waals surface area contributed by atoms with Gasteiger partial charge in [0.05, 0.1) is 12.9 Å². The van der Waals surface area contributed by atoms with Gasteiger partial charge in [0, 0.05) is 19.1 Å². The zero-order valence-electron chi connectivity index (χ0n) is 18.8. The van der Waals surface area contributed by atoms with Crippen LogP contribution in [0.5, 0.6) is 0 Å². The van der Waals surface area contributed by atoms with Gasteiger partial charge in [0.1, 0.15) is 11.2 Å². The minimum absolute atomic E-state index is 0.111. The fraction of sp³-hybridized carbons (Fsp3) is 0.500. The first kappa shape index (κ1) is 22.0. The van der Waals surface area contributed by atoms with Crippen LogP contribution in [-0.2, 0) is 17.8 Å². The summed E-state index contributed by atoms with van der Waals surface area (Å²) in [6, 6.07) is 10.0. The lowest BCUT2D eigenvalue weighted by molar-refractivity contribution is -0.133. The van der Waals surface area contributed by atoms with Gasteiger partial charge in [-0.25, -0.2) is 4.98 Å². The number of nitrogens with zero attached hydrogens (tertiary/aromatic N) is 3. The Bertz CT molecular complexity index is 996. The number of aromatic nitrogens is 2. The summed E-state index contributed by atoms with van der Waals surface area (Å²) in [5.74, 6) is -0.862. The molecule has 1 aliphatic carbocycles. The van der Waals surface area contributed by atoms with E-state index in [2.05, 4.69) is 15.6 Å². The average Bonchev–Trinajstić information content (AvgIpc) is 3.44. The SMILES string of the molecule is CCN1C(=O)c2c(C(=O)NCCc3ccccc3)ncn2CC1(C)C(=O)NC1CCCC1. The monoisotopic (exact) mass is 437 g/mol. The minimum atomic E-state index is -1.02. The summed E-state index contributed by atoms with van der Waals surface area (Å²) in [5.41, 5.74) is 0.454. The topological polar surface area (TPSA) is 96.3 Å². The molecular formula is C24H31N5O3. The number of nitrogens with one attached hydrogen (secondary N) is 2. The molecule has 1 aromatic carbocycles. The number of hydrogen-bond donors (Lipinski definition) is 2. The standard InChI is InChI=1S/C24H31N5O3/c1-3-29-22(31)20-19(21(30)25-14-13-17-9-5-4-6-10-17)26-16-28(20)15-24(29,2)23(32)27-18-11-7-8-12-18/h4-6,9-10,16,18H,3,7-8,11-15H2,1-2H3,(H,25,30)(H,27,32). The van der Waals surface area contributed by atoms with Gasteiger partial charge in [-0.2, -0.15) is 0 Å². The molecule has 1 aromatic heterocycles. The Morgan fingerprint density at radius 3 is 2.59 bits per heavy atom. The van der Waals surface area contributed by atoms with Gasteiger partial charge in [0.2, 0.25) is 5.91 Å². The molecule has 2 aromatic rings. The first-order valence-corrected chi connectivity index (χ1v) is 11.4. The third-order valence-corrected chi connectivity index (χ3v) is 6.61. The Morgan fingerprint density at radius 1 is 1.19 bits per heavy atom. The molecule has 3 amide bonds. The Morgan fingerprint density at radius 2 is 1.91 bits per heavy atom. The molecule has 2 aliphatic rings. The zero-order valence-corrected chi connectivity index (χ0v) is 18.8. The van der Waals surface area contributed by atoms with Crippen LogP contribution in [0, 0.1) is 0 Å². The fourth-order valence-corrected chi connectivity index (χ4v) is 4.81. The molecule has 4 rings (SSSR count). The second-order valence-corrected chi connectivity index (χ2v) is 8.84. The van der Waals surface area contributed by atoms with E-state index in [1.54, 1.807) is 16.4 Å². The van der Waals surface area contributed by atoms with Crippen molar-refractivity contribution in [2.24, 2.45) is 0 Å². The number of fused-ring (bicyclic) bond motifs is 1. The highest BCUT2D eigenvalue weighted by Crippen LogP contribution is 2.29. The van der Waals surface area contributed by atoms with E-state index < -0.39 is 5.54 Å². The van der Waals surface area contributed by atoms with Crippen molar-refractivity contribution in [3.63, 3.8) is 0 Å². The van der Waals surface area contributed by atoms with Crippen molar-refractivity contribution >= 4 is 17.7 Å². The second kappa shape index (κ2) is 9.14.